The van der Waals surface area contributed by atoms with E-state index >= 15 is 0 Å². The lowest BCUT2D eigenvalue weighted by Crippen LogP contribution is -2.43. The number of nitrogens with zero attached hydrogens (tertiary/aromatic N) is 2. The lowest BCUT2D eigenvalue weighted by Gasteiger charge is -2.27. The fourth-order valence-electron chi connectivity index (χ4n) is 4.44. The Morgan fingerprint density at radius 2 is 1.79 bits per heavy atom. The second-order valence-electron chi connectivity index (χ2n) is 9.05. The molecule has 0 atom stereocenters. The minimum absolute atomic E-state index is 0.0475. The van der Waals surface area contributed by atoms with Crippen LogP contribution in [0.5, 0.6) is 5.75 Å². The van der Waals surface area contributed by atoms with Gasteiger partial charge in [0.2, 0.25) is 5.91 Å². The minimum Gasteiger partial charge on any atom is -0.494 e. The highest BCUT2D eigenvalue weighted by Gasteiger charge is 2.24. The second kappa shape index (κ2) is 13.5. The highest BCUT2D eigenvalue weighted by Crippen LogP contribution is 2.20. The van der Waals surface area contributed by atoms with Crippen LogP contribution in [0.3, 0.4) is 0 Å². The summed E-state index contributed by atoms with van der Waals surface area (Å²) in [6.45, 7) is 4.31. The maximum atomic E-state index is 13.7. The van der Waals surface area contributed by atoms with Gasteiger partial charge in [-0.1, -0.05) is 30.3 Å². The van der Waals surface area contributed by atoms with Crippen LogP contribution in [0.15, 0.2) is 77.5 Å². The molecule has 2 amide bonds. The van der Waals surface area contributed by atoms with Gasteiger partial charge in [0.05, 0.1) is 12.9 Å². The maximum Gasteiger partial charge on any atom is 0.290 e. The maximum absolute atomic E-state index is 13.7. The zero-order valence-corrected chi connectivity index (χ0v) is 22.0. The molecular formula is C30H35N3O5. The van der Waals surface area contributed by atoms with E-state index in [1.807, 2.05) is 60.5 Å². The summed E-state index contributed by atoms with van der Waals surface area (Å²) in [5, 5.41) is 1.15. The molecule has 1 N–H and O–H groups in total. The van der Waals surface area contributed by atoms with Crippen molar-refractivity contribution in [2.75, 3.05) is 40.0 Å². The SMILES string of the molecule is CCOc1ccc(CN(CCc2c[nH]c3ccccc23)C(=O)CN(CCCOC)C(=O)c2ccco2)cc1. The number of carbonyl (C=O) groups excluding carboxylic acids is 2. The van der Waals surface area contributed by atoms with E-state index in [0.717, 1.165) is 27.8 Å². The monoisotopic (exact) mass is 517 g/mol. The smallest absolute Gasteiger partial charge is 0.290 e. The van der Waals surface area contributed by atoms with E-state index in [9.17, 15) is 9.59 Å². The zero-order valence-electron chi connectivity index (χ0n) is 22.0. The van der Waals surface area contributed by atoms with Gasteiger partial charge in [-0.3, -0.25) is 9.59 Å². The first-order valence-electron chi connectivity index (χ1n) is 12.9. The molecule has 0 saturated carbocycles. The average Bonchev–Trinajstić information content (AvgIpc) is 3.62. The molecule has 4 aromatic rings. The molecule has 0 bridgehead atoms. The van der Waals surface area contributed by atoms with Gasteiger partial charge in [-0.25, -0.2) is 0 Å². The number of hydrogen-bond acceptors (Lipinski definition) is 5. The molecule has 0 aliphatic rings. The molecular weight excluding hydrogens is 482 g/mol. The molecule has 0 fully saturated rings. The predicted molar refractivity (Wildman–Crippen MR) is 146 cm³/mol. The van der Waals surface area contributed by atoms with Crippen LogP contribution in [0.2, 0.25) is 0 Å². The van der Waals surface area contributed by atoms with Gasteiger partial charge in [-0.05, 0) is 61.2 Å². The van der Waals surface area contributed by atoms with E-state index in [2.05, 4.69) is 11.1 Å². The summed E-state index contributed by atoms with van der Waals surface area (Å²) in [5.41, 5.74) is 3.21. The van der Waals surface area contributed by atoms with Crippen molar-refractivity contribution in [3.05, 3.63) is 90.0 Å². The second-order valence-corrected chi connectivity index (χ2v) is 9.05. The molecule has 0 radical (unpaired) electrons. The first kappa shape index (κ1) is 27.0. The van der Waals surface area contributed by atoms with Gasteiger partial charge in [0.15, 0.2) is 5.76 Å². The van der Waals surface area contributed by atoms with Crippen LogP contribution in [0.4, 0.5) is 0 Å². The van der Waals surface area contributed by atoms with Gasteiger partial charge in [-0.2, -0.15) is 0 Å². The number of aromatic amines is 1. The van der Waals surface area contributed by atoms with Gasteiger partial charge in [-0.15, -0.1) is 0 Å². The van der Waals surface area contributed by atoms with E-state index in [1.165, 1.54) is 11.2 Å². The quantitative estimate of drug-likeness (QED) is 0.240. The molecule has 38 heavy (non-hydrogen) atoms. The van der Waals surface area contributed by atoms with Crippen molar-refractivity contribution in [3.8, 4) is 5.75 Å². The number of hydrogen-bond donors (Lipinski definition) is 1. The number of amides is 2. The summed E-state index contributed by atoms with van der Waals surface area (Å²) in [6.07, 6.45) is 4.76. The molecule has 4 rings (SSSR count). The summed E-state index contributed by atoms with van der Waals surface area (Å²) in [6, 6.07) is 19.2. The van der Waals surface area contributed by atoms with E-state index < -0.39 is 0 Å². The van der Waals surface area contributed by atoms with Crippen molar-refractivity contribution in [2.24, 2.45) is 0 Å². The van der Waals surface area contributed by atoms with Gasteiger partial charge in [0, 0.05) is 50.5 Å². The number of fused-ring (bicyclic) bond motifs is 1. The fraction of sp³-hybridized carbons (Fsp3) is 0.333. The molecule has 0 aliphatic heterocycles. The highest BCUT2D eigenvalue weighted by atomic mass is 16.5. The summed E-state index contributed by atoms with van der Waals surface area (Å²) < 4.78 is 16.1. The van der Waals surface area contributed by atoms with Crippen LogP contribution in [0.25, 0.3) is 10.9 Å². The normalized spacial score (nSPS) is 11.0. The number of ether oxygens (including phenoxy) is 2. The summed E-state index contributed by atoms with van der Waals surface area (Å²) in [5.74, 6) is 0.571. The van der Waals surface area contributed by atoms with Crippen LogP contribution in [0, 0.1) is 0 Å². The van der Waals surface area contributed by atoms with Gasteiger partial charge in [0.25, 0.3) is 5.91 Å². The standard InChI is InChI=1S/C30H35N3O5/c1-3-37-25-13-11-23(12-14-25)21-32(17-15-24-20-31-27-9-5-4-8-26(24)27)29(34)22-33(16-7-18-36-2)30(35)28-10-6-19-38-28/h4-6,8-14,19-20,31H,3,7,15-18,21-22H2,1-2H3. The number of para-hydroxylation sites is 1. The zero-order chi connectivity index (χ0) is 26.7. The molecule has 0 spiro atoms. The lowest BCUT2D eigenvalue weighted by molar-refractivity contribution is -0.132. The molecule has 0 saturated heterocycles. The number of rotatable bonds is 14. The number of furan rings is 1. The number of benzene rings is 2. The van der Waals surface area contributed by atoms with Crippen molar-refractivity contribution in [1.29, 1.82) is 0 Å². The third-order valence-corrected chi connectivity index (χ3v) is 6.41. The Balaban J connectivity index is 1.52. The first-order valence-corrected chi connectivity index (χ1v) is 12.9. The molecule has 2 aromatic heterocycles. The van der Waals surface area contributed by atoms with E-state index in [1.54, 1.807) is 19.2 Å². The predicted octanol–water partition coefficient (Wildman–Crippen LogP) is 4.91. The molecule has 0 unspecified atom stereocenters. The van der Waals surface area contributed by atoms with Crippen LogP contribution in [-0.4, -0.2) is 66.6 Å². The lowest BCUT2D eigenvalue weighted by atomic mass is 10.1. The van der Waals surface area contributed by atoms with Crippen molar-refractivity contribution in [1.82, 2.24) is 14.8 Å². The van der Waals surface area contributed by atoms with Gasteiger partial charge >= 0.3 is 0 Å². The van der Waals surface area contributed by atoms with Crippen LogP contribution in [0.1, 0.15) is 35.0 Å². The van der Waals surface area contributed by atoms with Crippen molar-refractivity contribution in [2.45, 2.75) is 26.3 Å². The van der Waals surface area contributed by atoms with Crippen molar-refractivity contribution in [3.63, 3.8) is 0 Å². The third-order valence-electron chi connectivity index (χ3n) is 6.41. The Kier molecular flexibility index (Phi) is 9.59. The molecule has 2 heterocycles. The van der Waals surface area contributed by atoms with E-state index in [0.29, 0.717) is 45.7 Å². The number of methoxy groups -OCH3 is 1. The Labute approximate surface area is 223 Å². The summed E-state index contributed by atoms with van der Waals surface area (Å²) in [7, 11) is 1.62. The Morgan fingerprint density at radius 1 is 0.974 bits per heavy atom. The van der Waals surface area contributed by atoms with Crippen LogP contribution < -0.4 is 4.74 Å². The Bertz CT molecular complexity index is 1300. The number of H-pyrrole nitrogens is 1. The largest absolute Gasteiger partial charge is 0.494 e. The van der Waals surface area contributed by atoms with E-state index in [4.69, 9.17) is 13.9 Å². The Hall–Kier alpha value is -4.04. The third kappa shape index (κ3) is 7.04. The van der Waals surface area contributed by atoms with E-state index in [-0.39, 0.29) is 24.1 Å². The van der Waals surface area contributed by atoms with Crippen LogP contribution >= 0.6 is 0 Å². The summed E-state index contributed by atoms with van der Waals surface area (Å²) in [4.78, 5) is 33.5. The first-order chi connectivity index (χ1) is 18.6. The number of aromatic nitrogens is 1. The average molecular weight is 518 g/mol. The van der Waals surface area contributed by atoms with Crippen LogP contribution in [-0.2, 0) is 22.5 Å². The van der Waals surface area contributed by atoms with Gasteiger partial charge < -0.3 is 28.7 Å². The fourth-order valence-corrected chi connectivity index (χ4v) is 4.44. The molecule has 2 aromatic carbocycles. The Morgan fingerprint density at radius 3 is 2.53 bits per heavy atom. The topological polar surface area (TPSA) is 88.0 Å². The van der Waals surface area contributed by atoms with Gasteiger partial charge in [0.1, 0.15) is 12.3 Å². The molecule has 8 heteroatoms. The minimum atomic E-state index is -0.308. The number of carbonyl (C=O) groups is 2. The molecule has 8 nitrogen and oxygen atoms in total. The van der Waals surface area contributed by atoms with Crippen molar-refractivity contribution < 1.29 is 23.5 Å². The molecule has 0 aliphatic carbocycles. The highest BCUT2D eigenvalue weighted by molar-refractivity contribution is 5.94. The summed E-state index contributed by atoms with van der Waals surface area (Å²) >= 11 is 0. The van der Waals surface area contributed by atoms with Crippen molar-refractivity contribution >= 4 is 22.7 Å². The number of nitrogens with one attached hydrogen (secondary N) is 1. The molecule has 200 valence electrons.